The number of rotatable bonds is 3. The van der Waals surface area contributed by atoms with Gasteiger partial charge in [0.1, 0.15) is 5.76 Å². The molecule has 0 radical (unpaired) electrons. The summed E-state index contributed by atoms with van der Waals surface area (Å²) < 4.78 is 5.13. The zero-order valence-corrected chi connectivity index (χ0v) is 7.42. The maximum Gasteiger partial charge on any atom is 0.295 e. The van der Waals surface area contributed by atoms with Gasteiger partial charge in [0.2, 0.25) is 0 Å². The predicted molar refractivity (Wildman–Crippen MR) is 45.0 cm³/mol. The van der Waals surface area contributed by atoms with E-state index in [0.717, 1.165) is 5.76 Å². The van der Waals surface area contributed by atoms with Gasteiger partial charge in [-0.1, -0.05) is 0 Å². The van der Waals surface area contributed by atoms with Crippen LogP contribution in [0.15, 0.2) is 10.6 Å². The van der Waals surface area contributed by atoms with E-state index in [9.17, 15) is 4.79 Å². The van der Waals surface area contributed by atoms with Gasteiger partial charge in [-0.15, -0.1) is 0 Å². The van der Waals surface area contributed by atoms with Crippen LogP contribution < -0.4 is 5.32 Å². The number of Topliss-reactive ketones (excluding diaryl/α,β-unsaturated/α-hetero) is 1. The van der Waals surface area contributed by atoms with Gasteiger partial charge in [-0.2, -0.15) is 0 Å². The highest BCUT2D eigenvalue weighted by Crippen LogP contribution is 2.08. The molecule has 4 heteroatoms. The Labute approximate surface area is 71.0 Å². The number of ketones is 1. The molecule has 0 saturated carbocycles. The van der Waals surface area contributed by atoms with Crippen LogP contribution in [0.5, 0.6) is 0 Å². The second-order valence-electron chi connectivity index (χ2n) is 2.75. The summed E-state index contributed by atoms with van der Waals surface area (Å²) in [4.78, 5) is 14.7. The van der Waals surface area contributed by atoms with Gasteiger partial charge in [0, 0.05) is 0 Å². The quantitative estimate of drug-likeness (QED) is 0.740. The first-order valence-electron chi connectivity index (χ1n) is 3.79. The second kappa shape index (κ2) is 3.38. The fraction of sp³-hybridized carbons (Fsp3) is 0.500. The van der Waals surface area contributed by atoms with Gasteiger partial charge in [-0.25, -0.2) is 4.98 Å². The van der Waals surface area contributed by atoms with Crippen LogP contribution in [0, 0.1) is 6.92 Å². The molecular weight excluding hydrogens is 156 g/mol. The summed E-state index contributed by atoms with van der Waals surface area (Å²) in [5.41, 5.74) is 0. The van der Waals surface area contributed by atoms with Crippen LogP contribution in [0.2, 0.25) is 0 Å². The summed E-state index contributed by atoms with van der Waals surface area (Å²) in [5, 5.41) is 2.83. The maximum atomic E-state index is 10.8. The van der Waals surface area contributed by atoms with Gasteiger partial charge in [-0.3, -0.25) is 4.79 Å². The highest BCUT2D eigenvalue weighted by atomic mass is 16.4. The van der Waals surface area contributed by atoms with Crippen molar-refractivity contribution >= 4 is 11.8 Å². The largest absolute Gasteiger partial charge is 0.429 e. The Kier molecular flexibility index (Phi) is 2.47. The number of aromatic nitrogens is 1. The van der Waals surface area contributed by atoms with Crippen LogP contribution in [-0.4, -0.2) is 16.8 Å². The molecule has 0 fully saturated rings. The first-order chi connectivity index (χ1) is 5.59. The molecule has 1 heterocycles. The molecule has 0 aromatic carbocycles. The first-order valence-corrected chi connectivity index (χ1v) is 3.79. The lowest BCUT2D eigenvalue weighted by Gasteiger charge is -2.06. The summed E-state index contributed by atoms with van der Waals surface area (Å²) in [5.74, 6) is 0.791. The molecule has 0 amide bonds. The van der Waals surface area contributed by atoms with E-state index >= 15 is 0 Å². The van der Waals surface area contributed by atoms with Crippen molar-refractivity contribution in [3.63, 3.8) is 0 Å². The van der Waals surface area contributed by atoms with Gasteiger partial charge in [0.25, 0.3) is 6.01 Å². The van der Waals surface area contributed by atoms with Crippen molar-refractivity contribution < 1.29 is 9.21 Å². The zero-order chi connectivity index (χ0) is 9.14. The van der Waals surface area contributed by atoms with Gasteiger partial charge in [-0.05, 0) is 20.8 Å². The summed E-state index contributed by atoms with van der Waals surface area (Å²) in [7, 11) is 0. The van der Waals surface area contributed by atoms with Gasteiger partial charge < -0.3 is 9.73 Å². The summed E-state index contributed by atoms with van der Waals surface area (Å²) in [6.45, 7) is 5.09. The lowest BCUT2D eigenvalue weighted by atomic mass is 10.2. The SMILES string of the molecule is CC(=O)C(C)Nc1ncc(C)o1. The van der Waals surface area contributed by atoms with E-state index < -0.39 is 0 Å². The third-order valence-electron chi connectivity index (χ3n) is 1.57. The standard InChI is InChI=1S/C8H12N2O2/c1-5-4-9-8(12-5)10-6(2)7(3)11/h4,6H,1-3H3,(H,9,10). The van der Waals surface area contributed by atoms with Crippen molar-refractivity contribution in [3.05, 3.63) is 12.0 Å². The smallest absolute Gasteiger partial charge is 0.295 e. The van der Waals surface area contributed by atoms with Gasteiger partial charge >= 0.3 is 0 Å². The third-order valence-corrected chi connectivity index (χ3v) is 1.57. The van der Waals surface area contributed by atoms with Crippen molar-refractivity contribution in [2.45, 2.75) is 26.8 Å². The number of hydrogen-bond acceptors (Lipinski definition) is 4. The summed E-state index contributed by atoms with van der Waals surface area (Å²) >= 11 is 0. The van der Waals surface area contributed by atoms with E-state index in [1.165, 1.54) is 6.92 Å². The second-order valence-corrected chi connectivity index (χ2v) is 2.75. The molecule has 1 aromatic rings. The number of oxazole rings is 1. The molecule has 0 bridgehead atoms. The Morgan fingerprint density at radius 1 is 1.75 bits per heavy atom. The Hall–Kier alpha value is -1.32. The molecule has 0 saturated heterocycles. The average Bonchev–Trinajstić information content (AvgIpc) is 2.35. The molecule has 1 aromatic heterocycles. The Morgan fingerprint density at radius 3 is 2.83 bits per heavy atom. The van der Waals surface area contributed by atoms with Crippen molar-refractivity contribution in [3.8, 4) is 0 Å². The van der Waals surface area contributed by atoms with E-state index in [-0.39, 0.29) is 11.8 Å². The fourth-order valence-electron chi connectivity index (χ4n) is 0.708. The van der Waals surface area contributed by atoms with Crippen LogP contribution in [0.4, 0.5) is 6.01 Å². The van der Waals surface area contributed by atoms with Crippen LogP contribution >= 0.6 is 0 Å². The van der Waals surface area contributed by atoms with Gasteiger partial charge in [0.05, 0.1) is 12.2 Å². The molecule has 0 spiro atoms. The number of aryl methyl sites for hydroxylation is 1. The Bertz CT molecular complexity index is 280. The highest BCUT2D eigenvalue weighted by Gasteiger charge is 2.09. The van der Waals surface area contributed by atoms with Crippen LogP contribution in [-0.2, 0) is 4.79 Å². The molecule has 1 atom stereocenters. The van der Waals surface area contributed by atoms with Crippen LogP contribution in [0.25, 0.3) is 0 Å². The fourth-order valence-corrected chi connectivity index (χ4v) is 0.708. The van der Waals surface area contributed by atoms with Crippen molar-refractivity contribution in [2.75, 3.05) is 5.32 Å². The summed E-state index contributed by atoms with van der Waals surface area (Å²) in [6.07, 6.45) is 1.61. The highest BCUT2D eigenvalue weighted by molar-refractivity contribution is 5.83. The lowest BCUT2D eigenvalue weighted by Crippen LogP contribution is -2.23. The van der Waals surface area contributed by atoms with Crippen molar-refractivity contribution in [1.82, 2.24) is 4.98 Å². The third kappa shape index (κ3) is 2.08. The number of nitrogens with one attached hydrogen (secondary N) is 1. The monoisotopic (exact) mass is 168 g/mol. The normalized spacial score (nSPS) is 12.6. The van der Waals surface area contributed by atoms with E-state index in [0.29, 0.717) is 6.01 Å². The number of carbonyl (C=O) groups excluding carboxylic acids is 1. The minimum atomic E-state index is -0.247. The number of hydrogen-bond donors (Lipinski definition) is 1. The molecule has 0 aliphatic heterocycles. The lowest BCUT2D eigenvalue weighted by molar-refractivity contribution is -0.117. The van der Waals surface area contributed by atoms with Crippen molar-refractivity contribution in [2.24, 2.45) is 0 Å². The molecule has 1 rings (SSSR count). The van der Waals surface area contributed by atoms with E-state index in [1.54, 1.807) is 20.0 Å². The average molecular weight is 168 g/mol. The molecular formula is C8H12N2O2. The molecule has 4 nitrogen and oxygen atoms in total. The number of nitrogens with zero attached hydrogens (tertiary/aromatic N) is 1. The minimum Gasteiger partial charge on any atom is -0.429 e. The predicted octanol–water partition coefficient (Wildman–Crippen LogP) is 1.37. The van der Waals surface area contributed by atoms with E-state index in [1.807, 2.05) is 0 Å². The van der Waals surface area contributed by atoms with Crippen molar-refractivity contribution in [1.29, 1.82) is 0 Å². The van der Waals surface area contributed by atoms with E-state index in [4.69, 9.17) is 4.42 Å². The Morgan fingerprint density at radius 2 is 2.42 bits per heavy atom. The molecule has 12 heavy (non-hydrogen) atoms. The molecule has 0 aliphatic carbocycles. The molecule has 1 unspecified atom stereocenters. The number of carbonyl (C=O) groups is 1. The minimum absolute atomic E-state index is 0.0610. The maximum absolute atomic E-state index is 10.8. The van der Waals surface area contributed by atoms with Crippen LogP contribution in [0.1, 0.15) is 19.6 Å². The van der Waals surface area contributed by atoms with Crippen LogP contribution in [0.3, 0.4) is 0 Å². The zero-order valence-electron chi connectivity index (χ0n) is 7.42. The summed E-state index contributed by atoms with van der Waals surface area (Å²) in [6, 6.07) is 0.151. The topological polar surface area (TPSA) is 55.1 Å². The molecule has 0 aliphatic rings. The number of anilines is 1. The first kappa shape index (κ1) is 8.77. The van der Waals surface area contributed by atoms with E-state index in [2.05, 4.69) is 10.3 Å². The Balaban J connectivity index is 2.58. The molecule has 1 N–H and O–H groups in total. The van der Waals surface area contributed by atoms with Gasteiger partial charge in [0.15, 0.2) is 5.78 Å². The molecule has 66 valence electrons.